The smallest absolute Gasteiger partial charge is 0.205 e. The summed E-state index contributed by atoms with van der Waals surface area (Å²) < 4.78 is 38.7. The third kappa shape index (κ3) is 1.30. The molecule has 2 rings (SSSR count). The highest BCUT2D eigenvalue weighted by molar-refractivity contribution is 9.10. The van der Waals surface area contributed by atoms with Crippen LogP contribution in [-0.2, 0) is 0 Å². The number of benzene rings is 1. The highest BCUT2D eigenvalue weighted by Gasteiger charge is 2.14. The van der Waals surface area contributed by atoms with E-state index in [1.807, 2.05) is 0 Å². The molecule has 0 radical (unpaired) electrons. The molecule has 0 amide bonds. The van der Waals surface area contributed by atoms with E-state index in [0.717, 1.165) is 6.20 Å². The van der Waals surface area contributed by atoms with Crippen LogP contribution in [0.3, 0.4) is 0 Å². The number of hydrogen-bond acceptors (Lipinski definition) is 1. The Labute approximate surface area is 85.4 Å². The maximum Gasteiger partial charge on any atom is 0.333 e. The molecule has 0 N–H and O–H groups in total. The van der Waals surface area contributed by atoms with E-state index in [9.17, 15) is 13.2 Å². The third-order valence-electron chi connectivity index (χ3n) is 1.85. The van der Waals surface area contributed by atoms with Gasteiger partial charge in [-0.15, -0.1) is 0 Å². The van der Waals surface area contributed by atoms with Crippen LogP contribution in [0.1, 0.15) is 6.55 Å². The van der Waals surface area contributed by atoms with Crippen molar-refractivity contribution in [2.45, 2.75) is 6.55 Å². The van der Waals surface area contributed by atoms with E-state index in [4.69, 9.17) is 0 Å². The van der Waals surface area contributed by atoms with Crippen molar-refractivity contribution in [1.82, 2.24) is 9.78 Å². The van der Waals surface area contributed by atoms with E-state index >= 15 is 0 Å². The zero-order chi connectivity index (χ0) is 10.3. The summed E-state index contributed by atoms with van der Waals surface area (Å²) in [5.74, 6) is -0.575. The molecule has 0 bridgehead atoms. The van der Waals surface area contributed by atoms with Crippen LogP contribution in [-0.4, -0.2) is 9.78 Å². The first-order valence-corrected chi connectivity index (χ1v) is 4.50. The largest absolute Gasteiger partial charge is 0.333 e. The predicted octanol–water partition coefficient (Wildman–Crippen LogP) is 3.33. The quantitative estimate of drug-likeness (QED) is 0.773. The van der Waals surface area contributed by atoms with Gasteiger partial charge in [0.15, 0.2) is 0 Å². The average Bonchev–Trinajstić information content (AvgIpc) is 2.55. The van der Waals surface area contributed by atoms with E-state index in [1.165, 1.54) is 12.1 Å². The van der Waals surface area contributed by atoms with Gasteiger partial charge in [-0.3, -0.25) is 0 Å². The highest BCUT2D eigenvalue weighted by Crippen LogP contribution is 2.26. The summed E-state index contributed by atoms with van der Waals surface area (Å²) >= 11 is 2.96. The molecule has 2 nitrogen and oxygen atoms in total. The predicted molar refractivity (Wildman–Crippen MR) is 48.6 cm³/mol. The van der Waals surface area contributed by atoms with Crippen molar-refractivity contribution in [2.75, 3.05) is 0 Å². The van der Waals surface area contributed by atoms with Gasteiger partial charge in [0.2, 0.25) is 0 Å². The van der Waals surface area contributed by atoms with Gasteiger partial charge in [-0.05, 0) is 28.1 Å². The van der Waals surface area contributed by atoms with Crippen LogP contribution >= 0.6 is 15.9 Å². The minimum absolute atomic E-state index is 0.0830. The minimum Gasteiger partial charge on any atom is -0.205 e. The van der Waals surface area contributed by atoms with Crippen molar-refractivity contribution < 1.29 is 13.2 Å². The topological polar surface area (TPSA) is 17.8 Å². The number of nitrogens with zero attached hydrogens (tertiary/aromatic N) is 2. The molecule has 14 heavy (non-hydrogen) atoms. The van der Waals surface area contributed by atoms with Crippen LogP contribution in [0.25, 0.3) is 10.9 Å². The number of halogens is 4. The molecule has 74 valence electrons. The zero-order valence-electron chi connectivity index (χ0n) is 6.72. The molecule has 0 aliphatic rings. The van der Waals surface area contributed by atoms with Crippen LogP contribution < -0.4 is 0 Å². The Morgan fingerprint density at radius 2 is 2.07 bits per heavy atom. The second-order valence-electron chi connectivity index (χ2n) is 2.66. The van der Waals surface area contributed by atoms with Gasteiger partial charge in [0, 0.05) is 0 Å². The van der Waals surface area contributed by atoms with Crippen LogP contribution in [0.4, 0.5) is 13.2 Å². The highest BCUT2D eigenvalue weighted by atomic mass is 79.9. The molecule has 0 saturated heterocycles. The fourth-order valence-electron chi connectivity index (χ4n) is 1.22. The SMILES string of the molecule is Fc1c(Br)ccc2c1cnn2C(F)F. The van der Waals surface area contributed by atoms with Crippen LogP contribution in [0.5, 0.6) is 0 Å². The summed E-state index contributed by atoms with van der Waals surface area (Å²) in [5, 5.41) is 3.49. The fraction of sp³-hybridized carbons (Fsp3) is 0.125. The first kappa shape index (κ1) is 9.51. The number of hydrogen-bond donors (Lipinski definition) is 0. The van der Waals surface area contributed by atoms with Crippen molar-refractivity contribution in [2.24, 2.45) is 0 Å². The summed E-state index contributed by atoms with van der Waals surface area (Å²) in [7, 11) is 0. The molecule has 0 spiro atoms. The molecular weight excluding hydrogens is 261 g/mol. The first-order valence-electron chi connectivity index (χ1n) is 3.70. The Hall–Kier alpha value is -1.04. The molecule has 1 heterocycles. The summed E-state index contributed by atoms with van der Waals surface area (Å²) in [4.78, 5) is 0. The molecule has 0 aliphatic heterocycles. The zero-order valence-corrected chi connectivity index (χ0v) is 8.30. The van der Waals surface area contributed by atoms with Gasteiger partial charge in [-0.2, -0.15) is 13.9 Å². The summed E-state index contributed by atoms with van der Waals surface area (Å²) in [6.07, 6.45) is 1.08. The molecule has 0 saturated carbocycles. The Kier molecular flexibility index (Phi) is 2.22. The summed E-state index contributed by atoms with van der Waals surface area (Å²) in [6, 6.07) is 2.76. The average molecular weight is 265 g/mol. The molecule has 1 aromatic carbocycles. The van der Waals surface area contributed by atoms with Gasteiger partial charge in [-0.1, -0.05) is 0 Å². The maximum atomic E-state index is 13.3. The Bertz CT molecular complexity index is 481. The van der Waals surface area contributed by atoms with E-state index in [-0.39, 0.29) is 15.4 Å². The Balaban J connectivity index is 2.77. The molecule has 0 fully saturated rings. The van der Waals surface area contributed by atoms with Crippen molar-refractivity contribution >= 4 is 26.8 Å². The summed E-state index contributed by atoms with van der Waals surface area (Å²) in [5.41, 5.74) is 0.0840. The number of alkyl halides is 2. The molecule has 2 aromatic rings. The minimum atomic E-state index is -2.76. The number of fused-ring (bicyclic) bond motifs is 1. The third-order valence-corrected chi connectivity index (χ3v) is 2.47. The van der Waals surface area contributed by atoms with Crippen molar-refractivity contribution in [3.05, 3.63) is 28.6 Å². The molecule has 0 unspecified atom stereocenters. The lowest BCUT2D eigenvalue weighted by molar-refractivity contribution is 0.0615. The second kappa shape index (κ2) is 3.27. The van der Waals surface area contributed by atoms with Crippen molar-refractivity contribution in [1.29, 1.82) is 0 Å². The number of rotatable bonds is 1. The van der Waals surface area contributed by atoms with Crippen molar-refractivity contribution in [3.8, 4) is 0 Å². The van der Waals surface area contributed by atoms with Gasteiger partial charge in [0.25, 0.3) is 0 Å². The molecule has 1 aromatic heterocycles. The lowest BCUT2D eigenvalue weighted by Crippen LogP contribution is -1.99. The maximum absolute atomic E-state index is 13.3. The first-order chi connectivity index (χ1) is 6.61. The van der Waals surface area contributed by atoms with E-state index in [0.29, 0.717) is 4.68 Å². The van der Waals surface area contributed by atoms with Crippen molar-refractivity contribution in [3.63, 3.8) is 0 Å². The molecule has 6 heteroatoms. The molecule has 0 aliphatic carbocycles. The van der Waals surface area contributed by atoms with E-state index < -0.39 is 12.4 Å². The number of aromatic nitrogens is 2. The van der Waals surface area contributed by atoms with Crippen LogP contribution in [0.15, 0.2) is 22.8 Å². The van der Waals surface area contributed by atoms with Gasteiger partial charge in [-0.25, -0.2) is 9.07 Å². The lowest BCUT2D eigenvalue weighted by atomic mass is 10.2. The normalized spacial score (nSPS) is 11.5. The van der Waals surface area contributed by atoms with Crippen LogP contribution in [0.2, 0.25) is 0 Å². The monoisotopic (exact) mass is 264 g/mol. The van der Waals surface area contributed by atoms with Gasteiger partial charge >= 0.3 is 6.55 Å². The van der Waals surface area contributed by atoms with Gasteiger partial charge in [0.1, 0.15) is 5.82 Å². The Morgan fingerprint density at radius 3 is 2.71 bits per heavy atom. The standard InChI is InChI=1S/C8H4BrF3N2/c9-5-1-2-6-4(7(5)10)3-13-14(6)8(11)12/h1-3,8H. The summed E-state index contributed by atoms with van der Waals surface area (Å²) in [6.45, 7) is -2.76. The molecule has 0 atom stereocenters. The second-order valence-corrected chi connectivity index (χ2v) is 3.52. The van der Waals surface area contributed by atoms with E-state index in [2.05, 4.69) is 21.0 Å². The van der Waals surface area contributed by atoms with Gasteiger partial charge in [0.05, 0.1) is 21.6 Å². The fourth-order valence-corrected chi connectivity index (χ4v) is 1.56. The van der Waals surface area contributed by atoms with Crippen LogP contribution in [0, 0.1) is 5.82 Å². The van der Waals surface area contributed by atoms with E-state index in [1.54, 1.807) is 0 Å². The van der Waals surface area contributed by atoms with Gasteiger partial charge < -0.3 is 0 Å². The lowest BCUT2D eigenvalue weighted by Gasteiger charge is -2.01. The Morgan fingerprint density at radius 1 is 1.36 bits per heavy atom. The molecular formula is C8H4BrF3N2.